The fourth-order valence-electron chi connectivity index (χ4n) is 2.83. The minimum atomic E-state index is -0.618. The zero-order chi connectivity index (χ0) is 22.9. The third kappa shape index (κ3) is 5.97. The lowest BCUT2D eigenvalue weighted by atomic mass is 10.1. The molecule has 0 spiro atoms. The van der Waals surface area contributed by atoms with Crippen LogP contribution in [-0.2, 0) is 11.3 Å². The van der Waals surface area contributed by atoms with E-state index in [0.717, 1.165) is 15.4 Å². The Hall–Kier alpha value is -4.09. The Morgan fingerprint density at radius 1 is 0.844 bits per heavy atom. The van der Waals surface area contributed by atoms with Crippen molar-refractivity contribution in [3.8, 4) is 6.07 Å². The predicted molar refractivity (Wildman–Crippen MR) is 121 cm³/mol. The highest BCUT2D eigenvalue weighted by Gasteiger charge is 2.13. The van der Waals surface area contributed by atoms with Crippen LogP contribution in [-0.4, -0.2) is 24.3 Å². The number of carbonyl (C=O) groups is 3. The first-order valence-electron chi connectivity index (χ1n) is 9.67. The molecule has 0 bridgehead atoms. The van der Waals surface area contributed by atoms with E-state index < -0.39 is 11.8 Å². The number of hydrogen-bond acceptors (Lipinski definition) is 5. The summed E-state index contributed by atoms with van der Waals surface area (Å²) in [6.07, 6.45) is 0. The Labute approximate surface area is 189 Å². The molecule has 0 aliphatic carbocycles. The molecule has 0 aliphatic rings. The first kappa shape index (κ1) is 22.6. The molecule has 3 aromatic carbocycles. The minimum Gasteiger partial charge on any atom is -0.368 e. The van der Waals surface area contributed by atoms with Gasteiger partial charge in [-0.05, 0) is 42.0 Å². The second-order valence-corrected chi connectivity index (χ2v) is 7.82. The van der Waals surface area contributed by atoms with Gasteiger partial charge in [-0.15, -0.1) is 0 Å². The van der Waals surface area contributed by atoms with E-state index in [0.29, 0.717) is 16.7 Å². The van der Waals surface area contributed by atoms with E-state index in [9.17, 15) is 19.6 Å². The van der Waals surface area contributed by atoms with E-state index in [1.807, 2.05) is 24.3 Å². The van der Waals surface area contributed by atoms with Crippen LogP contribution in [0.15, 0.2) is 82.6 Å². The molecule has 0 fully saturated rings. The molecule has 3 aromatic rings. The molecule has 0 atom stereocenters. The maximum absolute atomic E-state index is 12.8. The standard InChI is InChI=1S/C24H20N4O3S/c25-13-18-5-1-3-7-20(18)32-21-8-4-2-6-19(21)24(31)27-14-16-9-11-17(12-10-16)23(30)28-15-22(26)29/h1-12H,14-15H2,(H2,26,29)(H,27,31)(H,28,30). The van der Waals surface area contributed by atoms with Gasteiger partial charge in [-0.1, -0.05) is 48.2 Å². The summed E-state index contributed by atoms with van der Waals surface area (Å²) in [5.41, 5.74) is 7.27. The molecular weight excluding hydrogens is 424 g/mol. The number of primary amides is 1. The van der Waals surface area contributed by atoms with Crippen LogP contribution in [0.3, 0.4) is 0 Å². The molecule has 0 aromatic heterocycles. The smallest absolute Gasteiger partial charge is 0.252 e. The second-order valence-electron chi connectivity index (χ2n) is 6.73. The summed E-state index contributed by atoms with van der Waals surface area (Å²) in [5.74, 6) is -1.26. The van der Waals surface area contributed by atoms with Crippen LogP contribution in [0, 0.1) is 11.3 Å². The molecule has 0 heterocycles. The van der Waals surface area contributed by atoms with Gasteiger partial charge in [0.15, 0.2) is 0 Å². The molecule has 8 heteroatoms. The van der Waals surface area contributed by atoms with E-state index in [2.05, 4.69) is 16.7 Å². The number of carbonyl (C=O) groups excluding carboxylic acids is 3. The molecular formula is C24H20N4O3S. The number of benzene rings is 3. The molecule has 7 nitrogen and oxygen atoms in total. The lowest BCUT2D eigenvalue weighted by Gasteiger charge is -2.11. The third-order valence-corrected chi connectivity index (χ3v) is 5.60. The quantitative estimate of drug-likeness (QED) is 0.493. The monoisotopic (exact) mass is 444 g/mol. The van der Waals surface area contributed by atoms with Crippen molar-refractivity contribution in [1.29, 1.82) is 5.26 Å². The van der Waals surface area contributed by atoms with E-state index in [4.69, 9.17) is 5.73 Å². The number of nitrogens with one attached hydrogen (secondary N) is 2. The van der Waals surface area contributed by atoms with Gasteiger partial charge < -0.3 is 16.4 Å². The third-order valence-electron chi connectivity index (χ3n) is 4.45. The normalized spacial score (nSPS) is 10.1. The lowest BCUT2D eigenvalue weighted by Crippen LogP contribution is -2.33. The van der Waals surface area contributed by atoms with Crippen molar-refractivity contribution in [2.45, 2.75) is 16.3 Å². The number of amides is 3. The van der Waals surface area contributed by atoms with Crippen LogP contribution < -0.4 is 16.4 Å². The summed E-state index contributed by atoms with van der Waals surface area (Å²) in [7, 11) is 0. The summed E-state index contributed by atoms with van der Waals surface area (Å²) in [5, 5.41) is 14.6. The van der Waals surface area contributed by atoms with Gasteiger partial charge in [-0.25, -0.2) is 0 Å². The van der Waals surface area contributed by atoms with E-state index in [1.54, 1.807) is 48.5 Å². The first-order chi connectivity index (χ1) is 15.5. The van der Waals surface area contributed by atoms with Crippen molar-refractivity contribution in [3.63, 3.8) is 0 Å². The van der Waals surface area contributed by atoms with Crippen LogP contribution in [0.2, 0.25) is 0 Å². The molecule has 32 heavy (non-hydrogen) atoms. The van der Waals surface area contributed by atoms with Crippen molar-refractivity contribution in [2.24, 2.45) is 5.73 Å². The van der Waals surface area contributed by atoms with Crippen molar-refractivity contribution in [1.82, 2.24) is 10.6 Å². The van der Waals surface area contributed by atoms with Crippen molar-refractivity contribution < 1.29 is 14.4 Å². The van der Waals surface area contributed by atoms with E-state index >= 15 is 0 Å². The number of rotatable bonds is 8. The fourth-order valence-corrected chi connectivity index (χ4v) is 3.86. The topological polar surface area (TPSA) is 125 Å². The zero-order valence-corrected chi connectivity index (χ0v) is 17.8. The van der Waals surface area contributed by atoms with Gasteiger partial charge in [0.1, 0.15) is 6.07 Å². The summed E-state index contributed by atoms with van der Waals surface area (Å²) < 4.78 is 0. The van der Waals surface area contributed by atoms with Gasteiger partial charge in [0, 0.05) is 21.9 Å². The highest BCUT2D eigenvalue weighted by Crippen LogP contribution is 2.32. The van der Waals surface area contributed by atoms with Crippen LogP contribution in [0.4, 0.5) is 0 Å². The predicted octanol–water partition coefficient (Wildman–Crippen LogP) is 2.85. The lowest BCUT2D eigenvalue weighted by molar-refractivity contribution is -0.117. The van der Waals surface area contributed by atoms with Gasteiger partial charge in [0.25, 0.3) is 11.8 Å². The highest BCUT2D eigenvalue weighted by atomic mass is 32.2. The Morgan fingerprint density at radius 3 is 2.19 bits per heavy atom. The molecule has 4 N–H and O–H groups in total. The summed E-state index contributed by atoms with van der Waals surface area (Å²) in [4.78, 5) is 37.0. The van der Waals surface area contributed by atoms with Gasteiger partial charge >= 0.3 is 0 Å². The number of nitrogens with zero attached hydrogens (tertiary/aromatic N) is 1. The molecule has 0 unspecified atom stereocenters. The van der Waals surface area contributed by atoms with Crippen molar-refractivity contribution in [3.05, 3.63) is 95.1 Å². The van der Waals surface area contributed by atoms with Crippen molar-refractivity contribution >= 4 is 29.5 Å². The molecule has 3 rings (SSSR count). The van der Waals surface area contributed by atoms with E-state index in [-0.39, 0.29) is 19.0 Å². The summed E-state index contributed by atoms with van der Waals surface area (Å²) >= 11 is 1.37. The molecule has 0 radical (unpaired) electrons. The maximum atomic E-state index is 12.8. The van der Waals surface area contributed by atoms with Crippen LogP contribution in [0.25, 0.3) is 0 Å². The molecule has 3 amide bonds. The Kier molecular flexibility index (Phi) is 7.62. The Balaban J connectivity index is 1.65. The average Bonchev–Trinajstić information content (AvgIpc) is 2.82. The van der Waals surface area contributed by atoms with Crippen molar-refractivity contribution in [2.75, 3.05) is 6.54 Å². The van der Waals surface area contributed by atoms with Gasteiger partial charge in [-0.3, -0.25) is 14.4 Å². The molecule has 0 aliphatic heterocycles. The minimum absolute atomic E-state index is 0.229. The molecule has 0 saturated heterocycles. The average molecular weight is 445 g/mol. The Morgan fingerprint density at radius 2 is 1.50 bits per heavy atom. The molecule has 160 valence electrons. The zero-order valence-electron chi connectivity index (χ0n) is 17.0. The largest absolute Gasteiger partial charge is 0.368 e. The first-order valence-corrected chi connectivity index (χ1v) is 10.5. The van der Waals surface area contributed by atoms with Crippen LogP contribution >= 0.6 is 11.8 Å². The highest BCUT2D eigenvalue weighted by molar-refractivity contribution is 7.99. The number of hydrogen-bond donors (Lipinski definition) is 3. The maximum Gasteiger partial charge on any atom is 0.252 e. The molecule has 0 saturated carbocycles. The number of nitrogens with two attached hydrogens (primary N) is 1. The van der Waals surface area contributed by atoms with E-state index in [1.165, 1.54) is 11.8 Å². The van der Waals surface area contributed by atoms with Gasteiger partial charge in [0.05, 0.1) is 17.7 Å². The second kappa shape index (κ2) is 10.8. The van der Waals surface area contributed by atoms with Crippen LogP contribution in [0.1, 0.15) is 31.8 Å². The summed E-state index contributed by atoms with van der Waals surface area (Å²) in [6, 6.07) is 23.3. The van der Waals surface area contributed by atoms with Crippen LogP contribution in [0.5, 0.6) is 0 Å². The van der Waals surface area contributed by atoms with Gasteiger partial charge in [-0.2, -0.15) is 5.26 Å². The Bertz CT molecular complexity index is 1190. The summed E-state index contributed by atoms with van der Waals surface area (Å²) in [6.45, 7) is 0.0444. The number of nitriles is 1. The fraction of sp³-hybridized carbons (Fsp3) is 0.0833. The van der Waals surface area contributed by atoms with Gasteiger partial charge in [0.2, 0.25) is 5.91 Å². The SMILES string of the molecule is N#Cc1ccccc1Sc1ccccc1C(=O)NCc1ccc(C(=O)NCC(N)=O)cc1.